The summed E-state index contributed by atoms with van der Waals surface area (Å²) in [5.41, 5.74) is 5.41. The van der Waals surface area contributed by atoms with E-state index in [-0.39, 0.29) is 5.78 Å². The van der Waals surface area contributed by atoms with Gasteiger partial charge in [0.05, 0.1) is 12.1 Å². The molecule has 0 bridgehead atoms. The largest absolute Gasteiger partial charge is 0.358 e. The zero-order chi connectivity index (χ0) is 20.2. The Hall–Kier alpha value is -2.69. The summed E-state index contributed by atoms with van der Waals surface area (Å²) in [5.74, 6) is 0.264. The molecule has 2 aromatic carbocycles. The summed E-state index contributed by atoms with van der Waals surface area (Å²) in [6.07, 6.45) is 4.48. The molecule has 1 aromatic heterocycles. The maximum Gasteiger partial charge on any atom is 0.219 e. The van der Waals surface area contributed by atoms with E-state index in [1.807, 2.05) is 13.0 Å². The van der Waals surface area contributed by atoms with E-state index in [4.69, 9.17) is 0 Å². The van der Waals surface area contributed by atoms with Crippen molar-refractivity contribution >= 4 is 22.8 Å². The Morgan fingerprint density at radius 1 is 1.00 bits per heavy atom. The summed E-state index contributed by atoms with van der Waals surface area (Å²) in [7, 11) is 0. The third-order valence-corrected chi connectivity index (χ3v) is 6.01. The average molecular weight is 390 g/mol. The number of fused-ring (bicyclic) bond motifs is 1. The Kier molecular flexibility index (Phi) is 5.93. The molecular formula is C25H31N3O+2. The van der Waals surface area contributed by atoms with Gasteiger partial charge in [-0.05, 0) is 37.1 Å². The van der Waals surface area contributed by atoms with Crippen LogP contribution in [-0.4, -0.2) is 50.0 Å². The number of hydrogen-bond donors (Lipinski definition) is 3. The van der Waals surface area contributed by atoms with E-state index in [0.717, 1.165) is 54.9 Å². The highest BCUT2D eigenvalue weighted by Crippen LogP contribution is 2.23. The molecule has 4 rings (SSSR count). The molecule has 29 heavy (non-hydrogen) atoms. The topological polar surface area (TPSA) is 41.7 Å². The van der Waals surface area contributed by atoms with E-state index in [2.05, 4.69) is 66.5 Å². The van der Waals surface area contributed by atoms with Crippen LogP contribution in [0.2, 0.25) is 0 Å². The highest BCUT2D eigenvalue weighted by atomic mass is 16.1. The number of carbonyl (C=O) groups is 1. The van der Waals surface area contributed by atoms with Gasteiger partial charge in [0.2, 0.25) is 5.78 Å². The maximum absolute atomic E-state index is 13.0. The Balaban J connectivity index is 1.31. The van der Waals surface area contributed by atoms with Gasteiger partial charge in [-0.2, -0.15) is 0 Å². The van der Waals surface area contributed by atoms with Crippen LogP contribution in [0.1, 0.15) is 27.2 Å². The first-order chi connectivity index (χ1) is 14.1. The zero-order valence-electron chi connectivity index (χ0n) is 17.4. The molecule has 0 atom stereocenters. The number of piperazine rings is 1. The number of hydrogen-bond acceptors (Lipinski definition) is 1. The van der Waals surface area contributed by atoms with Crippen LogP contribution < -0.4 is 9.80 Å². The second-order valence-electron chi connectivity index (χ2n) is 8.29. The minimum atomic E-state index is 0.264. The van der Waals surface area contributed by atoms with Crippen LogP contribution in [0.4, 0.5) is 0 Å². The van der Waals surface area contributed by atoms with E-state index in [9.17, 15) is 4.79 Å². The number of rotatable bonds is 6. The lowest BCUT2D eigenvalue weighted by Crippen LogP contribution is -3.28. The third-order valence-electron chi connectivity index (χ3n) is 6.01. The van der Waals surface area contributed by atoms with Crippen LogP contribution in [-0.2, 0) is 0 Å². The lowest BCUT2D eigenvalue weighted by atomic mass is 10.0. The number of aryl methyl sites for hydroxylation is 2. The van der Waals surface area contributed by atoms with Crippen LogP contribution in [0, 0.1) is 13.8 Å². The Morgan fingerprint density at radius 3 is 2.48 bits per heavy atom. The Labute approximate surface area is 172 Å². The van der Waals surface area contributed by atoms with Gasteiger partial charge in [0.25, 0.3) is 0 Å². The fourth-order valence-corrected chi connectivity index (χ4v) is 4.38. The molecule has 0 radical (unpaired) electrons. The lowest BCUT2D eigenvalue weighted by Gasteiger charge is -2.28. The van der Waals surface area contributed by atoms with Crippen LogP contribution >= 0.6 is 0 Å². The van der Waals surface area contributed by atoms with Crippen molar-refractivity contribution in [3.8, 4) is 0 Å². The van der Waals surface area contributed by atoms with Crippen LogP contribution in [0.15, 0.2) is 54.6 Å². The van der Waals surface area contributed by atoms with Crippen molar-refractivity contribution < 1.29 is 14.6 Å². The summed E-state index contributed by atoms with van der Waals surface area (Å²) in [6, 6.07) is 16.7. The molecule has 0 amide bonds. The first kappa shape index (κ1) is 19.6. The van der Waals surface area contributed by atoms with Gasteiger partial charge in [-0.25, -0.2) is 0 Å². The van der Waals surface area contributed by atoms with E-state index in [0.29, 0.717) is 6.54 Å². The first-order valence-electron chi connectivity index (χ1n) is 10.6. The van der Waals surface area contributed by atoms with Gasteiger partial charge >= 0.3 is 0 Å². The van der Waals surface area contributed by atoms with Crippen molar-refractivity contribution in [3.63, 3.8) is 0 Å². The first-order valence-corrected chi connectivity index (χ1v) is 10.6. The molecule has 150 valence electrons. The second kappa shape index (κ2) is 8.76. The maximum atomic E-state index is 13.0. The molecule has 2 heterocycles. The fraction of sp³-hybridized carbons (Fsp3) is 0.320. The molecule has 4 nitrogen and oxygen atoms in total. The number of carbonyl (C=O) groups excluding carboxylic acids is 1. The van der Waals surface area contributed by atoms with Crippen LogP contribution in [0.25, 0.3) is 17.0 Å². The highest BCUT2D eigenvalue weighted by Gasteiger charge is 2.26. The molecule has 0 unspecified atom stereocenters. The number of nitrogens with one attached hydrogen (secondary N) is 3. The molecule has 3 N–H and O–H groups in total. The number of aromatic nitrogens is 1. The van der Waals surface area contributed by atoms with Crippen LogP contribution in [0.5, 0.6) is 0 Å². The van der Waals surface area contributed by atoms with Crippen molar-refractivity contribution in [2.75, 3.05) is 39.3 Å². The molecule has 3 aromatic rings. The van der Waals surface area contributed by atoms with Crippen molar-refractivity contribution in [3.05, 3.63) is 77.0 Å². The predicted molar refractivity (Wildman–Crippen MR) is 119 cm³/mol. The van der Waals surface area contributed by atoms with Gasteiger partial charge < -0.3 is 14.8 Å². The summed E-state index contributed by atoms with van der Waals surface area (Å²) < 4.78 is 0. The van der Waals surface area contributed by atoms with E-state index < -0.39 is 0 Å². The molecule has 0 spiro atoms. The van der Waals surface area contributed by atoms with Gasteiger partial charge in [-0.1, -0.05) is 48.5 Å². The van der Waals surface area contributed by atoms with Crippen molar-refractivity contribution in [2.24, 2.45) is 0 Å². The standard InChI is InChI=1S/C25H29N3O/c1-19-10-11-22-23(17-19)26-20(2)25(22)24(29)18-28-15-13-27(14-16-28)12-6-9-21-7-4-3-5-8-21/h3-11,17,26H,12-16,18H2,1-2H3/p+2/b9-6+. The van der Waals surface area contributed by atoms with Crippen LogP contribution in [0.3, 0.4) is 0 Å². The summed E-state index contributed by atoms with van der Waals surface area (Å²) in [6.45, 7) is 10.1. The number of Topliss-reactive ketones (excluding diaryl/α,β-unsaturated/α-hetero) is 1. The number of H-pyrrole nitrogens is 1. The normalized spacial score (nSPS) is 19.8. The van der Waals surface area contributed by atoms with Gasteiger partial charge in [-0.15, -0.1) is 0 Å². The Bertz CT molecular complexity index is 1010. The SMILES string of the molecule is Cc1ccc2c(C(=O)C[NH+]3CC[NH+](C/C=C/c4ccccc4)CC3)c(C)[nH]c2c1. The number of aromatic amines is 1. The average Bonchev–Trinajstić information content (AvgIpc) is 3.05. The smallest absolute Gasteiger partial charge is 0.219 e. The zero-order valence-corrected chi connectivity index (χ0v) is 17.4. The predicted octanol–water partition coefficient (Wildman–Crippen LogP) is 1.46. The number of ketones is 1. The molecule has 1 aliphatic rings. The summed E-state index contributed by atoms with van der Waals surface area (Å²) in [5, 5.41) is 1.06. The van der Waals surface area contributed by atoms with Gasteiger partial charge in [0.1, 0.15) is 32.7 Å². The molecule has 1 saturated heterocycles. The number of benzene rings is 2. The van der Waals surface area contributed by atoms with Gasteiger partial charge in [0, 0.05) is 16.6 Å². The van der Waals surface area contributed by atoms with Gasteiger partial charge in [0.15, 0.2) is 0 Å². The molecule has 1 aliphatic heterocycles. The summed E-state index contributed by atoms with van der Waals surface area (Å²) >= 11 is 0. The minimum Gasteiger partial charge on any atom is -0.358 e. The lowest BCUT2D eigenvalue weighted by molar-refractivity contribution is -1.01. The Morgan fingerprint density at radius 2 is 1.72 bits per heavy atom. The fourth-order valence-electron chi connectivity index (χ4n) is 4.38. The monoisotopic (exact) mass is 389 g/mol. The minimum absolute atomic E-state index is 0.264. The van der Waals surface area contributed by atoms with E-state index >= 15 is 0 Å². The molecule has 0 saturated carbocycles. The highest BCUT2D eigenvalue weighted by molar-refractivity contribution is 6.09. The summed E-state index contributed by atoms with van der Waals surface area (Å²) in [4.78, 5) is 19.4. The van der Waals surface area contributed by atoms with E-state index in [1.165, 1.54) is 16.0 Å². The molecule has 0 aliphatic carbocycles. The van der Waals surface area contributed by atoms with Gasteiger partial charge in [-0.3, -0.25) is 4.79 Å². The number of quaternary nitrogens is 2. The van der Waals surface area contributed by atoms with E-state index in [1.54, 1.807) is 4.90 Å². The van der Waals surface area contributed by atoms with Crippen molar-refractivity contribution in [2.45, 2.75) is 13.8 Å². The molecular weight excluding hydrogens is 358 g/mol. The molecule has 1 fully saturated rings. The third kappa shape index (κ3) is 4.66. The van der Waals surface area contributed by atoms with Crippen molar-refractivity contribution in [1.29, 1.82) is 0 Å². The molecule has 4 heteroatoms. The van der Waals surface area contributed by atoms with Crippen molar-refractivity contribution in [1.82, 2.24) is 4.98 Å². The second-order valence-corrected chi connectivity index (χ2v) is 8.29. The quantitative estimate of drug-likeness (QED) is 0.549.